The second kappa shape index (κ2) is 5.97. The second-order valence-corrected chi connectivity index (χ2v) is 5.97. The van der Waals surface area contributed by atoms with Gasteiger partial charge in [-0.2, -0.15) is 5.11 Å². The van der Waals surface area contributed by atoms with Crippen LogP contribution in [0.5, 0.6) is 11.5 Å². The minimum Gasteiger partial charge on any atom is -0.454 e. The molecule has 7 nitrogen and oxygen atoms in total. The molecule has 1 aliphatic heterocycles. The van der Waals surface area contributed by atoms with E-state index in [2.05, 4.69) is 36.4 Å². The fourth-order valence-corrected chi connectivity index (χ4v) is 2.74. The molecule has 2 heterocycles. The predicted octanol–water partition coefficient (Wildman–Crippen LogP) is 4.28. The monoisotopic (exact) mass is 386 g/mol. The van der Waals surface area contributed by atoms with Crippen LogP contribution in [-0.2, 0) is 0 Å². The summed E-state index contributed by atoms with van der Waals surface area (Å²) in [5.74, 6) is 1.30. The van der Waals surface area contributed by atoms with E-state index in [4.69, 9.17) is 9.47 Å². The number of rotatable bonds is 3. The molecule has 0 saturated heterocycles. The SMILES string of the molecule is O=c1[nH][nH]c(-c2ccc3c(c2)OCO3)c1N=Nc1cccc(Br)c1. The highest BCUT2D eigenvalue weighted by Gasteiger charge is 2.17. The number of halogens is 1. The summed E-state index contributed by atoms with van der Waals surface area (Å²) >= 11 is 3.37. The minimum atomic E-state index is -0.346. The normalized spacial score (nSPS) is 12.9. The first-order chi connectivity index (χ1) is 11.7. The molecule has 8 heteroatoms. The third-order valence-corrected chi connectivity index (χ3v) is 3.98. The van der Waals surface area contributed by atoms with Crippen LogP contribution in [0.1, 0.15) is 0 Å². The smallest absolute Gasteiger partial charge is 0.292 e. The van der Waals surface area contributed by atoms with E-state index in [9.17, 15) is 4.79 Å². The van der Waals surface area contributed by atoms with Crippen molar-refractivity contribution in [1.29, 1.82) is 0 Å². The van der Waals surface area contributed by atoms with Crippen LogP contribution in [0.15, 0.2) is 62.0 Å². The lowest BCUT2D eigenvalue weighted by Gasteiger charge is -2.01. The highest BCUT2D eigenvalue weighted by Crippen LogP contribution is 2.37. The Hall–Kier alpha value is -2.87. The summed E-state index contributed by atoms with van der Waals surface area (Å²) in [6.45, 7) is 0.192. The van der Waals surface area contributed by atoms with Crippen molar-refractivity contribution >= 4 is 27.3 Å². The molecule has 24 heavy (non-hydrogen) atoms. The van der Waals surface area contributed by atoms with Gasteiger partial charge in [0.05, 0.1) is 11.4 Å². The van der Waals surface area contributed by atoms with Gasteiger partial charge in [0, 0.05) is 10.0 Å². The summed E-state index contributed by atoms with van der Waals surface area (Å²) in [7, 11) is 0. The second-order valence-electron chi connectivity index (χ2n) is 5.05. The topological polar surface area (TPSA) is 91.8 Å². The van der Waals surface area contributed by atoms with Crippen molar-refractivity contribution in [2.24, 2.45) is 10.2 Å². The molecular formula is C16H11BrN4O3. The number of nitrogens with zero attached hydrogens (tertiary/aromatic N) is 2. The highest BCUT2D eigenvalue weighted by molar-refractivity contribution is 9.10. The molecule has 1 aliphatic rings. The Bertz CT molecular complexity index is 993. The molecule has 0 unspecified atom stereocenters. The van der Waals surface area contributed by atoms with Crippen molar-refractivity contribution in [1.82, 2.24) is 10.2 Å². The third kappa shape index (κ3) is 2.71. The Morgan fingerprint density at radius 1 is 1.00 bits per heavy atom. The fraction of sp³-hybridized carbons (Fsp3) is 0.0625. The Balaban J connectivity index is 1.73. The van der Waals surface area contributed by atoms with E-state index >= 15 is 0 Å². The summed E-state index contributed by atoms with van der Waals surface area (Å²) in [5.41, 5.74) is 1.79. The Morgan fingerprint density at radius 3 is 2.75 bits per heavy atom. The van der Waals surface area contributed by atoms with Crippen LogP contribution in [0.4, 0.5) is 11.4 Å². The summed E-state index contributed by atoms with van der Waals surface area (Å²) in [6.07, 6.45) is 0. The lowest BCUT2D eigenvalue weighted by atomic mass is 10.1. The molecule has 0 radical (unpaired) electrons. The molecule has 2 N–H and O–H groups in total. The van der Waals surface area contributed by atoms with E-state index in [1.807, 2.05) is 24.3 Å². The van der Waals surface area contributed by atoms with Crippen molar-refractivity contribution in [3.8, 4) is 22.8 Å². The third-order valence-electron chi connectivity index (χ3n) is 3.49. The largest absolute Gasteiger partial charge is 0.454 e. The van der Waals surface area contributed by atoms with Crippen molar-refractivity contribution in [3.63, 3.8) is 0 Å². The molecule has 0 amide bonds. The van der Waals surface area contributed by atoms with Crippen LogP contribution in [0, 0.1) is 0 Å². The lowest BCUT2D eigenvalue weighted by molar-refractivity contribution is 0.174. The number of ether oxygens (including phenoxy) is 2. The first-order valence-corrected chi connectivity index (χ1v) is 7.88. The molecule has 4 rings (SSSR count). The zero-order valence-electron chi connectivity index (χ0n) is 12.2. The van der Waals surface area contributed by atoms with E-state index in [-0.39, 0.29) is 18.0 Å². The van der Waals surface area contributed by atoms with E-state index in [0.717, 1.165) is 10.0 Å². The number of azo groups is 1. The van der Waals surface area contributed by atoms with Crippen LogP contribution < -0.4 is 15.0 Å². The van der Waals surface area contributed by atoms with Gasteiger partial charge in [-0.25, -0.2) is 0 Å². The maximum atomic E-state index is 12.0. The molecule has 0 spiro atoms. The van der Waals surface area contributed by atoms with Crippen molar-refractivity contribution < 1.29 is 9.47 Å². The average Bonchev–Trinajstić information content (AvgIpc) is 3.18. The molecule has 2 aromatic carbocycles. The molecular weight excluding hydrogens is 376 g/mol. The minimum absolute atomic E-state index is 0.192. The van der Waals surface area contributed by atoms with Crippen molar-refractivity contribution in [2.45, 2.75) is 0 Å². The maximum Gasteiger partial charge on any atom is 0.292 e. The van der Waals surface area contributed by atoms with E-state index in [1.54, 1.807) is 18.2 Å². The Kier molecular flexibility index (Phi) is 3.66. The summed E-state index contributed by atoms with van der Waals surface area (Å²) in [6, 6.07) is 12.8. The van der Waals surface area contributed by atoms with Gasteiger partial charge in [-0.05, 0) is 36.4 Å². The van der Waals surface area contributed by atoms with Crippen LogP contribution in [-0.4, -0.2) is 17.0 Å². The fourth-order valence-electron chi connectivity index (χ4n) is 2.35. The number of hydrogen-bond acceptors (Lipinski definition) is 5. The van der Waals surface area contributed by atoms with Crippen LogP contribution in [0.25, 0.3) is 11.3 Å². The van der Waals surface area contributed by atoms with Crippen LogP contribution in [0.3, 0.4) is 0 Å². The van der Waals surface area contributed by atoms with Gasteiger partial charge in [0.2, 0.25) is 6.79 Å². The van der Waals surface area contributed by atoms with Crippen LogP contribution in [0.2, 0.25) is 0 Å². The van der Waals surface area contributed by atoms with Gasteiger partial charge >= 0.3 is 0 Å². The van der Waals surface area contributed by atoms with Gasteiger partial charge in [-0.1, -0.05) is 22.0 Å². The van der Waals surface area contributed by atoms with Gasteiger partial charge in [0.15, 0.2) is 17.2 Å². The van der Waals surface area contributed by atoms with Gasteiger partial charge in [-0.15, -0.1) is 5.11 Å². The molecule has 1 aromatic heterocycles. The van der Waals surface area contributed by atoms with Crippen LogP contribution >= 0.6 is 15.9 Å². The molecule has 0 saturated carbocycles. The summed E-state index contributed by atoms with van der Waals surface area (Å²) in [5, 5.41) is 13.6. The van der Waals surface area contributed by atoms with Gasteiger partial charge in [0.25, 0.3) is 5.56 Å². The number of fused-ring (bicyclic) bond motifs is 1. The molecule has 0 fully saturated rings. The number of nitrogens with one attached hydrogen (secondary N) is 2. The summed E-state index contributed by atoms with van der Waals surface area (Å²) in [4.78, 5) is 12.0. The standard InChI is InChI=1S/C16H11BrN4O3/c17-10-2-1-3-11(7-10)18-20-15-14(19-21-16(15)22)9-4-5-12-13(6-9)24-8-23-12/h1-7H,8H2,(H2,19,21,22). The Morgan fingerprint density at radius 2 is 1.88 bits per heavy atom. The lowest BCUT2D eigenvalue weighted by Crippen LogP contribution is -1.96. The molecule has 3 aromatic rings. The molecule has 0 bridgehead atoms. The quantitative estimate of drug-likeness (QED) is 0.658. The molecule has 0 atom stereocenters. The number of benzene rings is 2. The predicted molar refractivity (Wildman–Crippen MR) is 91.3 cm³/mol. The number of aromatic amines is 2. The number of hydrogen-bond donors (Lipinski definition) is 2. The zero-order chi connectivity index (χ0) is 16.5. The Labute approximate surface area is 144 Å². The van der Waals surface area contributed by atoms with Crippen molar-refractivity contribution in [3.05, 3.63) is 57.3 Å². The summed E-state index contributed by atoms with van der Waals surface area (Å²) < 4.78 is 11.5. The maximum absolute atomic E-state index is 12.0. The van der Waals surface area contributed by atoms with E-state index < -0.39 is 0 Å². The molecule has 0 aliphatic carbocycles. The van der Waals surface area contributed by atoms with E-state index in [1.165, 1.54) is 0 Å². The van der Waals surface area contributed by atoms with Crippen molar-refractivity contribution in [2.75, 3.05) is 6.79 Å². The number of H-pyrrole nitrogens is 2. The molecule has 120 valence electrons. The first kappa shape index (κ1) is 14.7. The first-order valence-electron chi connectivity index (χ1n) is 7.09. The van der Waals surface area contributed by atoms with E-state index in [0.29, 0.717) is 22.9 Å². The van der Waals surface area contributed by atoms with Gasteiger partial charge in [-0.3, -0.25) is 15.0 Å². The highest BCUT2D eigenvalue weighted by atomic mass is 79.9. The number of aromatic nitrogens is 2. The zero-order valence-corrected chi connectivity index (χ0v) is 13.8. The van der Waals surface area contributed by atoms with Gasteiger partial charge < -0.3 is 9.47 Å². The van der Waals surface area contributed by atoms with Gasteiger partial charge in [0.1, 0.15) is 0 Å². The average molecular weight is 387 g/mol.